The molecule has 0 spiro atoms. The molecule has 1 rings (SSSR count). The molecule has 1 fully saturated rings. The predicted molar refractivity (Wildman–Crippen MR) is 152 cm³/mol. The number of hydrogen-bond acceptors (Lipinski definition) is 10. The zero-order valence-corrected chi connectivity index (χ0v) is 25.0. The van der Waals surface area contributed by atoms with E-state index in [9.17, 15) is 43.8 Å². The fourth-order valence-electron chi connectivity index (χ4n) is 4.48. The van der Waals surface area contributed by atoms with E-state index in [1.165, 1.54) is 18.7 Å². The number of carbonyl (C=O) groups is 7. The predicted octanol–water partition coefficient (Wildman–Crippen LogP) is -4.57. The molecule has 17 heteroatoms. The maximum Gasteiger partial charge on any atom is 0.243 e. The van der Waals surface area contributed by atoms with Crippen molar-refractivity contribution in [3.8, 4) is 0 Å². The Balaban J connectivity index is 3.06. The Hall–Kier alpha value is -3.83. The van der Waals surface area contributed by atoms with Crippen LogP contribution >= 0.6 is 0 Å². The number of hydrogen-bond donors (Lipinski definition) is 9. The molecule has 0 saturated carbocycles. The van der Waals surface area contributed by atoms with Gasteiger partial charge >= 0.3 is 0 Å². The molecule has 12 N–H and O–H groups in total. The highest BCUT2D eigenvalue weighted by Gasteiger charge is 2.38. The largest absolute Gasteiger partial charge is 0.394 e. The van der Waals surface area contributed by atoms with Crippen LogP contribution in [0.1, 0.15) is 59.8 Å². The van der Waals surface area contributed by atoms with Crippen molar-refractivity contribution < 1.29 is 43.8 Å². The minimum Gasteiger partial charge on any atom is -0.394 e. The average Bonchev–Trinajstić information content (AvgIpc) is 3.41. The smallest absolute Gasteiger partial charge is 0.243 e. The molecule has 0 unspecified atom stereocenters. The van der Waals surface area contributed by atoms with Gasteiger partial charge in [0.25, 0.3) is 0 Å². The zero-order valence-electron chi connectivity index (χ0n) is 25.0. The second-order valence-corrected chi connectivity index (χ2v) is 11.1. The Morgan fingerprint density at radius 2 is 1.49 bits per heavy atom. The van der Waals surface area contributed by atoms with Crippen LogP contribution in [-0.2, 0) is 33.6 Å². The number of carbonyl (C=O) groups excluding carboxylic acids is 7. The lowest BCUT2D eigenvalue weighted by Gasteiger charge is -2.29. The van der Waals surface area contributed by atoms with Crippen LogP contribution in [0.15, 0.2) is 0 Å². The van der Waals surface area contributed by atoms with Gasteiger partial charge < -0.3 is 53.6 Å². The Morgan fingerprint density at radius 3 is 2.00 bits per heavy atom. The van der Waals surface area contributed by atoms with Crippen molar-refractivity contribution in [2.75, 3.05) is 13.2 Å². The summed E-state index contributed by atoms with van der Waals surface area (Å²) < 4.78 is 0. The van der Waals surface area contributed by atoms with E-state index in [1.807, 2.05) is 0 Å². The van der Waals surface area contributed by atoms with Gasteiger partial charge in [-0.15, -0.1) is 0 Å². The quantitative estimate of drug-likeness (QED) is 0.0755. The number of rotatable bonds is 17. The molecule has 1 saturated heterocycles. The number of nitrogens with two attached hydrogens (primary N) is 3. The van der Waals surface area contributed by atoms with E-state index in [0.29, 0.717) is 6.42 Å². The molecule has 0 aromatic carbocycles. The maximum atomic E-state index is 13.3. The molecule has 0 aliphatic carbocycles. The zero-order chi connectivity index (χ0) is 33.0. The van der Waals surface area contributed by atoms with Crippen molar-refractivity contribution >= 4 is 41.4 Å². The van der Waals surface area contributed by atoms with E-state index in [4.69, 9.17) is 17.2 Å². The number of aliphatic hydroxyl groups is 2. The molecule has 1 heterocycles. The Kier molecular flexibility index (Phi) is 15.0. The van der Waals surface area contributed by atoms with Crippen molar-refractivity contribution in [1.29, 1.82) is 0 Å². The molecule has 7 amide bonds. The standard InChI is InChI=1S/C26H46N8O9/c1-12(2)10-17(24(41)30-13(3)22(39)33-20(14(4)36)21(29)38)32-23(40)16(7-8-19(28)37)31-25(42)18-6-5-9-34(18)26(43)15(27)11-35/h12-18,20,35-36H,5-11,27H2,1-4H3,(H2,28,37)(H2,29,38)(H,30,41)(H,31,42)(H,32,40)(H,33,39)/t13-,14+,15-,16-,17-,18-,20-/m0/s1. The highest BCUT2D eigenvalue weighted by molar-refractivity contribution is 5.96. The summed E-state index contributed by atoms with van der Waals surface area (Å²) >= 11 is 0. The summed E-state index contributed by atoms with van der Waals surface area (Å²) in [5, 5.41) is 28.7. The first-order valence-electron chi connectivity index (χ1n) is 14.1. The summed E-state index contributed by atoms with van der Waals surface area (Å²) in [6, 6.07) is -7.25. The third-order valence-corrected chi connectivity index (χ3v) is 6.84. The van der Waals surface area contributed by atoms with Crippen LogP contribution < -0.4 is 38.5 Å². The lowest BCUT2D eigenvalue weighted by Crippen LogP contribution is -2.59. The molecule has 43 heavy (non-hydrogen) atoms. The molecule has 17 nitrogen and oxygen atoms in total. The molecule has 7 atom stereocenters. The summed E-state index contributed by atoms with van der Waals surface area (Å²) in [4.78, 5) is 88.9. The van der Waals surface area contributed by atoms with E-state index in [2.05, 4.69) is 21.3 Å². The monoisotopic (exact) mass is 614 g/mol. The van der Waals surface area contributed by atoms with Crippen LogP contribution in [0, 0.1) is 5.92 Å². The molecule has 244 valence electrons. The van der Waals surface area contributed by atoms with Crippen molar-refractivity contribution in [2.45, 2.75) is 102 Å². The van der Waals surface area contributed by atoms with E-state index in [1.54, 1.807) is 13.8 Å². The molecule has 0 aromatic heterocycles. The van der Waals surface area contributed by atoms with Crippen molar-refractivity contribution in [3.05, 3.63) is 0 Å². The first kappa shape index (κ1) is 37.2. The van der Waals surface area contributed by atoms with Gasteiger partial charge in [0.1, 0.15) is 36.3 Å². The summed E-state index contributed by atoms with van der Waals surface area (Å²) in [5.41, 5.74) is 16.1. The van der Waals surface area contributed by atoms with Crippen molar-refractivity contribution in [2.24, 2.45) is 23.1 Å². The fourth-order valence-corrected chi connectivity index (χ4v) is 4.48. The van der Waals surface area contributed by atoms with Crippen molar-refractivity contribution in [1.82, 2.24) is 26.2 Å². The van der Waals surface area contributed by atoms with Crippen LogP contribution in [0.25, 0.3) is 0 Å². The number of nitrogens with one attached hydrogen (secondary N) is 4. The molecule has 1 aliphatic heterocycles. The molecular formula is C26H46N8O9. The third kappa shape index (κ3) is 11.8. The summed E-state index contributed by atoms with van der Waals surface area (Å²) in [5.74, 6) is -5.49. The van der Waals surface area contributed by atoms with Gasteiger partial charge in [0.05, 0.1) is 12.7 Å². The number of primary amides is 2. The lowest BCUT2D eigenvalue weighted by atomic mass is 10.0. The summed E-state index contributed by atoms with van der Waals surface area (Å²) in [6.07, 6.45) is -0.866. The Labute approximate surface area is 250 Å². The maximum absolute atomic E-state index is 13.3. The van der Waals surface area contributed by atoms with Crippen LogP contribution in [0.4, 0.5) is 0 Å². The number of amides is 7. The molecule has 0 radical (unpaired) electrons. The van der Waals surface area contributed by atoms with Gasteiger partial charge in [-0.1, -0.05) is 13.8 Å². The van der Waals surface area contributed by atoms with E-state index in [0.717, 1.165) is 0 Å². The van der Waals surface area contributed by atoms with Gasteiger partial charge in [0, 0.05) is 13.0 Å². The summed E-state index contributed by atoms with van der Waals surface area (Å²) in [7, 11) is 0. The molecular weight excluding hydrogens is 568 g/mol. The van der Waals surface area contributed by atoms with E-state index >= 15 is 0 Å². The van der Waals surface area contributed by atoms with E-state index in [-0.39, 0.29) is 38.1 Å². The number of nitrogens with zero attached hydrogens (tertiary/aromatic N) is 1. The van der Waals surface area contributed by atoms with Gasteiger partial charge in [0.2, 0.25) is 41.4 Å². The van der Waals surface area contributed by atoms with Crippen LogP contribution in [-0.4, -0.2) is 112 Å². The minimum absolute atomic E-state index is 0.109. The normalized spacial score (nSPS) is 18.9. The number of likely N-dealkylation sites (tertiary alicyclic amines) is 1. The first-order chi connectivity index (χ1) is 20.0. The highest BCUT2D eigenvalue weighted by atomic mass is 16.3. The summed E-state index contributed by atoms with van der Waals surface area (Å²) in [6.45, 7) is 5.78. The van der Waals surface area contributed by atoms with Gasteiger partial charge in [0.15, 0.2) is 0 Å². The Morgan fingerprint density at radius 1 is 0.884 bits per heavy atom. The average molecular weight is 615 g/mol. The van der Waals surface area contributed by atoms with Gasteiger partial charge in [-0.05, 0) is 45.4 Å². The van der Waals surface area contributed by atoms with Crippen molar-refractivity contribution in [3.63, 3.8) is 0 Å². The third-order valence-electron chi connectivity index (χ3n) is 6.84. The number of aliphatic hydroxyl groups excluding tert-OH is 2. The second-order valence-electron chi connectivity index (χ2n) is 11.1. The SMILES string of the molecule is CC(C)C[C@H](NC(=O)[C@H](CCC(N)=O)NC(=O)[C@@H]1CCCN1C(=O)[C@@H](N)CO)C(=O)N[C@@H](C)C(=O)N[C@H](C(N)=O)[C@@H](C)O. The van der Waals surface area contributed by atoms with Crippen LogP contribution in [0.2, 0.25) is 0 Å². The molecule has 1 aliphatic rings. The molecule has 0 aromatic rings. The van der Waals surface area contributed by atoms with Crippen LogP contribution in [0.5, 0.6) is 0 Å². The highest BCUT2D eigenvalue weighted by Crippen LogP contribution is 2.19. The van der Waals surface area contributed by atoms with Gasteiger partial charge in [-0.3, -0.25) is 33.6 Å². The fraction of sp³-hybridized carbons (Fsp3) is 0.731. The van der Waals surface area contributed by atoms with Gasteiger partial charge in [-0.2, -0.15) is 0 Å². The topological polar surface area (TPSA) is 289 Å². The van der Waals surface area contributed by atoms with E-state index < -0.39 is 90.3 Å². The molecule has 0 bridgehead atoms. The minimum atomic E-state index is -1.39. The first-order valence-corrected chi connectivity index (χ1v) is 14.1. The Bertz CT molecular complexity index is 1040. The van der Waals surface area contributed by atoms with Gasteiger partial charge in [-0.25, -0.2) is 0 Å². The van der Waals surface area contributed by atoms with Crippen LogP contribution in [0.3, 0.4) is 0 Å². The lowest BCUT2D eigenvalue weighted by molar-refractivity contribution is -0.141. The second kappa shape index (κ2) is 17.3.